The molecule has 10 nitrogen and oxygen atoms in total. The second-order valence-electron chi connectivity index (χ2n) is 0.596. The summed E-state index contributed by atoms with van der Waals surface area (Å²) in [5.74, 6) is 0. The Bertz CT molecular complexity index is 85.7. The van der Waals surface area contributed by atoms with Gasteiger partial charge in [-0.15, -0.1) is 0 Å². The molecule has 0 atom stereocenters. The fraction of sp³-hybridized carbons (Fsp3) is 0. The molecule has 76 valence electrons. The third-order valence-electron chi connectivity index (χ3n) is 0.183. The maximum atomic E-state index is 9.33. The first-order valence-electron chi connectivity index (χ1n) is 1.06. The smallest absolute Gasteiger partial charge is 0.249 e. The maximum Gasteiger partial charge on any atom is 0.249 e. The molecule has 0 saturated heterocycles. The van der Waals surface area contributed by atoms with E-state index in [0.29, 0.717) is 0 Å². The van der Waals surface area contributed by atoms with Crippen LogP contribution in [-0.4, -0.2) is 5.48 Å². The second-order valence-corrected chi connectivity index (χ2v) is 1.79. The number of rotatable bonds is 2. The van der Waals surface area contributed by atoms with Crippen molar-refractivity contribution in [2.75, 3.05) is 0 Å². The predicted octanol–water partition coefficient (Wildman–Crippen LogP) is -2.66. The van der Waals surface area contributed by atoms with Gasteiger partial charge in [-0.1, -0.05) is 0 Å². The van der Waals surface area contributed by atoms with Crippen LogP contribution < -0.4 is 33.9 Å². The topological polar surface area (TPSA) is 246 Å². The van der Waals surface area contributed by atoms with Crippen molar-refractivity contribution in [3.8, 4) is 0 Å². The lowest BCUT2D eigenvalue weighted by molar-refractivity contribution is -0.696. The summed E-state index contributed by atoms with van der Waals surface area (Å²) >= 11 is 0. The molecule has 0 aromatic heterocycles. The van der Waals surface area contributed by atoms with Gasteiger partial charge in [-0.05, 0) is 0 Å². The summed E-state index contributed by atoms with van der Waals surface area (Å²) in [6, 6.07) is 0. The minimum atomic E-state index is -5.02. The van der Waals surface area contributed by atoms with E-state index in [9.17, 15) is 9.46 Å². The van der Waals surface area contributed by atoms with Crippen LogP contribution in [0.3, 0.4) is 0 Å². The van der Waals surface area contributed by atoms with Crippen molar-refractivity contribution in [2.45, 2.75) is 0 Å². The van der Waals surface area contributed by atoms with Gasteiger partial charge in [-0.2, -0.15) is 0 Å². The number of phosphoric acid groups is 1. The van der Waals surface area contributed by atoms with E-state index in [4.69, 9.17) is 10.5 Å². The lowest BCUT2D eigenvalue weighted by Gasteiger charge is -2.27. The molecule has 0 aromatic carbocycles. The van der Waals surface area contributed by atoms with Gasteiger partial charge in [0, 0.05) is 0 Å². The van der Waals surface area contributed by atoms with Crippen molar-refractivity contribution < 1.29 is 34.8 Å². The molecule has 0 spiro atoms. The normalized spacial score (nSPS) is 7.55. The highest BCUT2D eigenvalue weighted by Crippen LogP contribution is 2.31. The fourth-order valence-corrected chi connectivity index (χ4v) is 0.0373. The largest absolute Gasteiger partial charge is 0.757 e. The van der Waals surface area contributed by atoms with E-state index >= 15 is 0 Å². The summed E-state index contributed by atoms with van der Waals surface area (Å²) in [6.07, 6.45) is 0. The van der Waals surface area contributed by atoms with Crippen LogP contribution in [0.15, 0.2) is 0 Å². The van der Waals surface area contributed by atoms with Crippen LogP contribution in [-0.2, 0) is 13.9 Å². The molecule has 0 aromatic rings. The quantitative estimate of drug-likeness (QED) is 0.243. The second kappa shape index (κ2) is 12.5. The third kappa shape index (κ3) is 17.7. The van der Waals surface area contributed by atoms with E-state index < -0.39 is 7.82 Å². The van der Waals surface area contributed by atoms with E-state index in [1.54, 1.807) is 0 Å². The molecule has 0 fully saturated rings. The molecule has 0 aliphatic carbocycles. The van der Waals surface area contributed by atoms with E-state index in [0.717, 1.165) is 0 Å². The lowest BCUT2D eigenvalue weighted by atomic mass is 14.0. The van der Waals surface area contributed by atoms with E-state index in [-0.39, 0.29) is 23.9 Å². The number of hydrogen-bond acceptors (Lipinski definition) is 6. The van der Waals surface area contributed by atoms with Crippen LogP contribution in [0, 0.1) is 0 Å². The van der Waals surface area contributed by atoms with Crippen molar-refractivity contribution in [2.24, 2.45) is 0 Å². The van der Waals surface area contributed by atoms with Crippen LogP contribution in [0.5, 0.6) is 0 Å². The summed E-state index contributed by atoms with van der Waals surface area (Å²) in [7, 11) is -5.02. The van der Waals surface area contributed by atoms with Crippen molar-refractivity contribution in [3.05, 3.63) is 0 Å². The Morgan fingerprint density at radius 3 is 1.18 bits per heavy atom. The summed E-state index contributed by atoms with van der Waals surface area (Å²) in [4.78, 5) is 9.33. The zero-order chi connectivity index (χ0) is 5.91. The Hall–Kier alpha value is -0.130. The molecule has 0 unspecified atom stereocenters. The summed E-state index contributed by atoms with van der Waals surface area (Å²) in [5.41, 5.74) is 0. The van der Waals surface area contributed by atoms with Gasteiger partial charge < -0.3 is 48.7 Å². The zero-order valence-corrected chi connectivity index (χ0v) is 7.29. The Labute approximate surface area is 62.3 Å². The number of hydrogen-bond donors (Lipinski definition) is 3. The van der Waals surface area contributed by atoms with Gasteiger partial charge in [-0.3, -0.25) is 4.57 Å². The minimum absolute atomic E-state index is 0. The van der Waals surface area contributed by atoms with Crippen LogP contribution >= 0.6 is 7.82 Å². The van der Waals surface area contributed by atoms with Crippen LogP contribution in [0.2, 0.25) is 0 Å². The first-order chi connectivity index (χ1) is 3.12. The molecule has 11 heavy (non-hydrogen) atoms. The average molecular weight is 199 g/mol. The first-order valence-corrected chi connectivity index (χ1v) is 2.52. The molecule has 14 N–H and O–H groups in total. The van der Waals surface area contributed by atoms with Crippen LogP contribution in [0.1, 0.15) is 0 Å². The molecule has 0 aliphatic rings. The Morgan fingerprint density at radius 2 is 1.18 bits per heavy atom. The molecular weight excluding hydrogens is 185 g/mol. The Balaban J connectivity index is -0.0000000300. The van der Waals surface area contributed by atoms with Gasteiger partial charge in [0.25, 0.3) is 0 Å². The zero-order valence-electron chi connectivity index (χ0n) is 6.40. The van der Waals surface area contributed by atoms with E-state index in [1.165, 1.54) is 0 Å². The van der Waals surface area contributed by atoms with Crippen molar-refractivity contribution >= 4 is 7.82 Å². The van der Waals surface area contributed by atoms with Crippen molar-refractivity contribution in [3.63, 3.8) is 0 Å². The summed E-state index contributed by atoms with van der Waals surface area (Å²) in [6.45, 7) is 0. The summed E-state index contributed by atoms with van der Waals surface area (Å²) < 4.78 is 13.9. The predicted molar refractivity (Wildman–Crippen MR) is 31.3 cm³/mol. The monoisotopic (exact) mass is 199 g/mol. The standard InChI is InChI=1S/3H3N.H3O6P.H2O/c;;;1-5-7(3,4)6-2;/h3*1H3;1-2H,(H,3,4);1H2. The molecule has 0 heterocycles. The molecule has 0 radical (unpaired) electrons. The molecule has 0 saturated carbocycles. The lowest BCUT2D eigenvalue weighted by Crippen LogP contribution is -2.18. The Kier molecular flexibility index (Phi) is 35.0. The minimum Gasteiger partial charge on any atom is -0.757 e. The molecule has 0 bridgehead atoms. The Morgan fingerprint density at radius 1 is 1.00 bits per heavy atom. The third-order valence-corrected chi connectivity index (χ3v) is 0.548. The van der Waals surface area contributed by atoms with Crippen molar-refractivity contribution in [1.29, 1.82) is 0 Å². The highest BCUT2D eigenvalue weighted by Gasteiger charge is 1.90. The van der Waals surface area contributed by atoms with Gasteiger partial charge in [-0.25, -0.2) is 0 Å². The summed E-state index contributed by atoms with van der Waals surface area (Å²) in [5, 5.41) is 17.6. The van der Waals surface area contributed by atoms with Gasteiger partial charge in [0.05, 0.1) is 0 Å². The molecule has 0 amide bonds. The van der Waals surface area contributed by atoms with Gasteiger partial charge in [0.15, 0.2) is 0 Å². The maximum absolute atomic E-state index is 9.33. The fourth-order valence-electron chi connectivity index (χ4n) is 0.0124. The molecule has 0 rings (SSSR count). The van der Waals surface area contributed by atoms with Crippen LogP contribution in [0.4, 0.5) is 0 Å². The number of quaternary nitrogens is 3. The van der Waals surface area contributed by atoms with Gasteiger partial charge in [0.2, 0.25) is 7.82 Å². The van der Waals surface area contributed by atoms with Gasteiger partial charge in [0.1, 0.15) is 0 Å². The van der Waals surface area contributed by atoms with E-state index in [1.807, 2.05) is 0 Å². The van der Waals surface area contributed by atoms with Crippen LogP contribution in [0.25, 0.3) is 0 Å². The SMILES string of the molecule is O.O=P([O-])(O[O-])O[O-].[NH4+].[NH4+].[NH4+]. The molecule has 0 aliphatic heterocycles. The highest BCUT2D eigenvalue weighted by atomic mass is 31.2. The van der Waals surface area contributed by atoms with E-state index in [2.05, 4.69) is 9.35 Å². The molecule has 11 heteroatoms. The average Bonchev–Trinajstić information content (AvgIpc) is 1.68. The molecular formula is H14N3O7P. The first kappa shape index (κ1) is 30.7. The van der Waals surface area contributed by atoms with Gasteiger partial charge >= 0.3 is 0 Å². The van der Waals surface area contributed by atoms with Crippen molar-refractivity contribution in [1.82, 2.24) is 18.5 Å². The highest BCUT2D eigenvalue weighted by molar-refractivity contribution is 7.45.